The molecule has 0 aliphatic carbocycles. The summed E-state index contributed by atoms with van der Waals surface area (Å²) in [5, 5.41) is 12.1. The first-order valence-electron chi connectivity index (χ1n) is 8.19. The molecular formula is C18H17ClN2O4S. The van der Waals surface area contributed by atoms with Crippen LogP contribution in [0, 0.1) is 0 Å². The summed E-state index contributed by atoms with van der Waals surface area (Å²) >= 11 is 6.91. The number of carbonyl (C=O) groups excluding carboxylic acids is 2. The number of anilines is 1. The van der Waals surface area contributed by atoms with E-state index in [0.717, 1.165) is 30.6 Å². The predicted molar refractivity (Wildman–Crippen MR) is 100 cm³/mol. The van der Waals surface area contributed by atoms with Gasteiger partial charge in [-0.1, -0.05) is 11.6 Å². The van der Waals surface area contributed by atoms with Crippen LogP contribution in [0.1, 0.15) is 49.0 Å². The lowest BCUT2D eigenvalue weighted by Crippen LogP contribution is -2.36. The Bertz CT molecular complexity index is 859. The second-order valence-electron chi connectivity index (χ2n) is 5.97. The van der Waals surface area contributed by atoms with Gasteiger partial charge >= 0.3 is 5.97 Å². The van der Waals surface area contributed by atoms with Gasteiger partial charge in [-0.15, -0.1) is 11.3 Å². The number of piperidine rings is 1. The van der Waals surface area contributed by atoms with E-state index in [4.69, 9.17) is 16.7 Å². The first-order chi connectivity index (χ1) is 12.5. The van der Waals surface area contributed by atoms with Crippen molar-refractivity contribution in [3.63, 3.8) is 0 Å². The number of carboxylic acid groups (broad SMARTS) is 1. The van der Waals surface area contributed by atoms with Gasteiger partial charge in [-0.2, -0.15) is 0 Å². The van der Waals surface area contributed by atoms with E-state index in [1.807, 2.05) is 0 Å². The third-order valence-electron chi connectivity index (χ3n) is 4.14. The molecule has 2 aromatic rings. The van der Waals surface area contributed by atoms with Gasteiger partial charge in [0.15, 0.2) is 0 Å². The molecule has 26 heavy (non-hydrogen) atoms. The van der Waals surface area contributed by atoms with Gasteiger partial charge in [0, 0.05) is 18.1 Å². The summed E-state index contributed by atoms with van der Waals surface area (Å²) in [6, 6.07) is 7.57. The highest BCUT2D eigenvalue weighted by atomic mass is 35.5. The zero-order valence-corrected chi connectivity index (χ0v) is 15.4. The highest BCUT2D eigenvalue weighted by Gasteiger charge is 2.22. The SMILES string of the molecule is O=C(O)c1ccc(C(=O)Nc2cc(Cl)ccc2C(=O)N2CCCCC2)s1. The van der Waals surface area contributed by atoms with Crippen LogP contribution in [0.2, 0.25) is 5.02 Å². The van der Waals surface area contributed by atoms with E-state index in [2.05, 4.69) is 5.32 Å². The summed E-state index contributed by atoms with van der Waals surface area (Å²) in [5.74, 6) is -1.70. The Hall–Kier alpha value is -2.38. The smallest absolute Gasteiger partial charge is 0.345 e. The number of nitrogens with one attached hydrogen (secondary N) is 1. The molecule has 1 aliphatic rings. The van der Waals surface area contributed by atoms with E-state index in [9.17, 15) is 14.4 Å². The number of thiophene rings is 1. The molecule has 0 unspecified atom stereocenters. The van der Waals surface area contributed by atoms with Gasteiger partial charge in [0.1, 0.15) is 4.88 Å². The van der Waals surface area contributed by atoms with Gasteiger partial charge in [-0.25, -0.2) is 4.79 Å². The molecule has 2 amide bonds. The molecular weight excluding hydrogens is 376 g/mol. The average molecular weight is 393 g/mol. The molecule has 6 nitrogen and oxygen atoms in total. The summed E-state index contributed by atoms with van der Waals surface area (Å²) in [7, 11) is 0. The molecule has 2 N–H and O–H groups in total. The molecule has 1 aliphatic heterocycles. The van der Waals surface area contributed by atoms with Crippen LogP contribution in [0.4, 0.5) is 5.69 Å². The number of nitrogens with zero attached hydrogens (tertiary/aromatic N) is 1. The van der Waals surface area contributed by atoms with Crippen molar-refractivity contribution < 1.29 is 19.5 Å². The van der Waals surface area contributed by atoms with E-state index in [-0.39, 0.29) is 15.7 Å². The quantitative estimate of drug-likeness (QED) is 0.823. The molecule has 0 saturated carbocycles. The van der Waals surface area contributed by atoms with Gasteiger partial charge in [-0.05, 0) is 49.6 Å². The average Bonchev–Trinajstić information content (AvgIpc) is 3.13. The van der Waals surface area contributed by atoms with Crippen molar-refractivity contribution in [3.05, 3.63) is 50.7 Å². The summed E-state index contributed by atoms with van der Waals surface area (Å²) in [4.78, 5) is 38.3. The molecule has 0 atom stereocenters. The number of likely N-dealkylation sites (tertiary alicyclic amines) is 1. The van der Waals surface area contributed by atoms with Gasteiger partial charge in [0.05, 0.1) is 16.1 Å². The Labute approximate surface area is 159 Å². The number of hydrogen-bond acceptors (Lipinski definition) is 4. The van der Waals surface area contributed by atoms with Crippen molar-refractivity contribution in [2.75, 3.05) is 18.4 Å². The van der Waals surface area contributed by atoms with Crippen LogP contribution in [0.3, 0.4) is 0 Å². The number of hydrogen-bond donors (Lipinski definition) is 2. The molecule has 1 aromatic carbocycles. The van der Waals surface area contributed by atoms with E-state index in [1.54, 1.807) is 17.0 Å². The molecule has 1 fully saturated rings. The number of aromatic carboxylic acids is 1. The monoisotopic (exact) mass is 392 g/mol. The van der Waals surface area contributed by atoms with E-state index in [0.29, 0.717) is 29.4 Å². The molecule has 0 radical (unpaired) electrons. The van der Waals surface area contributed by atoms with E-state index >= 15 is 0 Å². The molecule has 1 aromatic heterocycles. The molecule has 3 rings (SSSR count). The topological polar surface area (TPSA) is 86.7 Å². The second-order valence-corrected chi connectivity index (χ2v) is 7.49. The highest BCUT2D eigenvalue weighted by Crippen LogP contribution is 2.26. The third kappa shape index (κ3) is 4.05. The number of rotatable bonds is 4. The normalized spacial score (nSPS) is 14.1. The van der Waals surface area contributed by atoms with Gasteiger partial charge in [0.25, 0.3) is 11.8 Å². The summed E-state index contributed by atoms with van der Waals surface area (Å²) in [5.41, 5.74) is 0.697. The fourth-order valence-corrected chi connectivity index (χ4v) is 3.74. The van der Waals surface area contributed by atoms with E-state index in [1.165, 1.54) is 18.2 Å². The maximum atomic E-state index is 12.8. The summed E-state index contributed by atoms with van der Waals surface area (Å²) < 4.78 is 0. The van der Waals surface area contributed by atoms with Crippen molar-refractivity contribution >= 4 is 46.4 Å². The highest BCUT2D eigenvalue weighted by molar-refractivity contribution is 7.16. The summed E-state index contributed by atoms with van der Waals surface area (Å²) in [6.07, 6.45) is 3.04. The van der Waals surface area contributed by atoms with Crippen molar-refractivity contribution in [1.29, 1.82) is 0 Å². The largest absolute Gasteiger partial charge is 0.477 e. The molecule has 136 valence electrons. The van der Waals surface area contributed by atoms with Gasteiger partial charge in [0.2, 0.25) is 0 Å². The first kappa shape index (κ1) is 18.4. The van der Waals surface area contributed by atoms with Crippen molar-refractivity contribution in [2.45, 2.75) is 19.3 Å². The van der Waals surface area contributed by atoms with Crippen molar-refractivity contribution in [1.82, 2.24) is 4.90 Å². The second kappa shape index (κ2) is 7.88. The zero-order valence-electron chi connectivity index (χ0n) is 13.8. The van der Waals surface area contributed by atoms with Gasteiger partial charge < -0.3 is 15.3 Å². The molecule has 2 heterocycles. The van der Waals surface area contributed by atoms with Crippen LogP contribution in [-0.2, 0) is 0 Å². The summed E-state index contributed by atoms with van der Waals surface area (Å²) in [6.45, 7) is 1.39. The lowest BCUT2D eigenvalue weighted by Gasteiger charge is -2.27. The molecule has 1 saturated heterocycles. The number of halogens is 1. The minimum atomic E-state index is -1.09. The minimum Gasteiger partial charge on any atom is -0.477 e. The molecule has 0 bridgehead atoms. The zero-order chi connectivity index (χ0) is 18.7. The third-order valence-corrected chi connectivity index (χ3v) is 5.45. The molecule has 8 heteroatoms. The number of carboxylic acids is 1. The van der Waals surface area contributed by atoms with Crippen molar-refractivity contribution in [3.8, 4) is 0 Å². The standard InChI is InChI=1S/C18H17ClN2O4S/c19-11-4-5-12(17(23)21-8-2-1-3-9-21)13(10-11)20-16(22)14-6-7-15(26-14)18(24)25/h4-7,10H,1-3,8-9H2,(H,20,22)(H,24,25). The van der Waals surface area contributed by atoms with Crippen LogP contribution in [0.5, 0.6) is 0 Å². The number of carbonyl (C=O) groups is 3. The lowest BCUT2D eigenvalue weighted by atomic mass is 10.1. The number of benzene rings is 1. The van der Waals surface area contributed by atoms with Gasteiger partial charge in [-0.3, -0.25) is 9.59 Å². The first-order valence-corrected chi connectivity index (χ1v) is 9.38. The van der Waals surface area contributed by atoms with Crippen LogP contribution < -0.4 is 5.32 Å². The Morgan fingerprint density at radius 2 is 1.73 bits per heavy atom. The Kier molecular flexibility index (Phi) is 5.58. The fraction of sp³-hybridized carbons (Fsp3) is 0.278. The Morgan fingerprint density at radius 1 is 1.04 bits per heavy atom. The van der Waals surface area contributed by atoms with Crippen LogP contribution in [-0.4, -0.2) is 40.9 Å². The molecule has 0 spiro atoms. The Morgan fingerprint density at radius 3 is 2.38 bits per heavy atom. The Balaban J connectivity index is 1.84. The maximum absolute atomic E-state index is 12.8. The minimum absolute atomic E-state index is 0.0749. The van der Waals surface area contributed by atoms with Crippen LogP contribution >= 0.6 is 22.9 Å². The van der Waals surface area contributed by atoms with Crippen LogP contribution in [0.25, 0.3) is 0 Å². The maximum Gasteiger partial charge on any atom is 0.345 e. The van der Waals surface area contributed by atoms with E-state index < -0.39 is 11.9 Å². The predicted octanol–water partition coefficient (Wildman–Crippen LogP) is 3.98. The number of amides is 2. The van der Waals surface area contributed by atoms with Crippen molar-refractivity contribution in [2.24, 2.45) is 0 Å². The van der Waals surface area contributed by atoms with Crippen LogP contribution in [0.15, 0.2) is 30.3 Å². The fourth-order valence-electron chi connectivity index (χ4n) is 2.83. The lowest BCUT2D eigenvalue weighted by molar-refractivity contribution is 0.0699.